The van der Waals surface area contributed by atoms with Crippen molar-refractivity contribution in [1.29, 1.82) is 0 Å². The zero-order valence-electron chi connectivity index (χ0n) is 11.8. The number of likely N-dealkylation sites (tertiary alicyclic amines) is 1. The van der Waals surface area contributed by atoms with Crippen LogP contribution in [0.25, 0.3) is 0 Å². The molecular formula is C14H23N3O2. The second-order valence-corrected chi connectivity index (χ2v) is 5.14. The highest BCUT2D eigenvalue weighted by molar-refractivity contribution is 5.76. The van der Waals surface area contributed by atoms with E-state index in [2.05, 4.69) is 5.10 Å². The van der Waals surface area contributed by atoms with Crippen LogP contribution in [0.5, 0.6) is 0 Å². The highest BCUT2D eigenvalue weighted by atomic mass is 16.5. The van der Waals surface area contributed by atoms with Gasteiger partial charge in [0.1, 0.15) is 0 Å². The summed E-state index contributed by atoms with van der Waals surface area (Å²) >= 11 is 0. The third kappa shape index (κ3) is 3.56. The number of methoxy groups -OCH3 is 1. The van der Waals surface area contributed by atoms with Gasteiger partial charge in [-0.05, 0) is 31.7 Å². The molecule has 1 aromatic heterocycles. The number of hydrogen-bond acceptors (Lipinski definition) is 3. The van der Waals surface area contributed by atoms with Crippen LogP contribution in [-0.4, -0.2) is 46.9 Å². The van der Waals surface area contributed by atoms with Crippen LogP contribution in [0.1, 0.15) is 31.4 Å². The number of aryl methyl sites for hydroxylation is 2. The van der Waals surface area contributed by atoms with Crippen LogP contribution in [0, 0.1) is 0 Å². The Morgan fingerprint density at radius 2 is 2.37 bits per heavy atom. The van der Waals surface area contributed by atoms with Crippen LogP contribution in [0.3, 0.4) is 0 Å². The van der Waals surface area contributed by atoms with Gasteiger partial charge in [0, 0.05) is 39.0 Å². The van der Waals surface area contributed by atoms with Crippen LogP contribution < -0.4 is 0 Å². The van der Waals surface area contributed by atoms with Crippen LogP contribution in [-0.2, 0) is 23.0 Å². The molecule has 1 aliphatic rings. The largest absolute Gasteiger partial charge is 0.383 e. The molecule has 1 aliphatic heterocycles. The van der Waals surface area contributed by atoms with E-state index >= 15 is 0 Å². The van der Waals surface area contributed by atoms with Gasteiger partial charge in [0.05, 0.1) is 12.6 Å². The van der Waals surface area contributed by atoms with E-state index in [1.807, 2.05) is 22.7 Å². The normalized spacial score (nSPS) is 19.7. The van der Waals surface area contributed by atoms with Crippen molar-refractivity contribution in [2.75, 3.05) is 20.3 Å². The average molecular weight is 265 g/mol. The van der Waals surface area contributed by atoms with Gasteiger partial charge in [0.25, 0.3) is 0 Å². The molecular weight excluding hydrogens is 242 g/mol. The summed E-state index contributed by atoms with van der Waals surface area (Å²) in [6.45, 7) is 1.52. The van der Waals surface area contributed by atoms with E-state index in [-0.39, 0.29) is 11.9 Å². The SMILES string of the molecule is COCC1CCCCN1C(=O)CCc1ccnn1C. The number of amides is 1. The molecule has 2 rings (SSSR count). The Balaban J connectivity index is 1.89. The molecule has 0 bridgehead atoms. The van der Waals surface area contributed by atoms with Gasteiger partial charge in [-0.3, -0.25) is 9.48 Å². The van der Waals surface area contributed by atoms with E-state index in [1.165, 1.54) is 6.42 Å². The van der Waals surface area contributed by atoms with E-state index < -0.39 is 0 Å². The smallest absolute Gasteiger partial charge is 0.223 e. The molecule has 0 radical (unpaired) electrons. The van der Waals surface area contributed by atoms with Crippen molar-refractivity contribution >= 4 is 5.91 Å². The number of ether oxygens (including phenoxy) is 1. The van der Waals surface area contributed by atoms with Crippen molar-refractivity contribution in [2.24, 2.45) is 7.05 Å². The number of hydrogen-bond donors (Lipinski definition) is 0. The van der Waals surface area contributed by atoms with E-state index in [1.54, 1.807) is 13.3 Å². The molecule has 0 aliphatic carbocycles. The minimum atomic E-state index is 0.239. The van der Waals surface area contributed by atoms with Crippen LogP contribution in [0.4, 0.5) is 0 Å². The zero-order valence-corrected chi connectivity index (χ0v) is 11.8. The third-order valence-electron chi connectivity index (χ3n) is 3.82. The molecule has 1 fully saturated rings. The Labute approximate surface area is 114 Å². The predicted molar refractivity (Wildman–Crippen MR) is 72.8 cm³/mol. The van der Waals surface area contributed by atoms with E-state index in [0.717, 1.165) is 31.5 Å². The van der Waals surface area contributed by atoms with E-state index in [4.69, 9.17) is 4.74 Å². The maximum atomic E-state index is 12.3. The quantitative estimate of drug-likeness (QED) is 0.808. The monoisotopic (exact) mass is 265 g/mol. The summed E-state index contributed by atoms with van der Waals surface area (Å²) in [6.07, 6.45) is 6.45. The Morgan fingerprint density at radius 1 is 1.53 bits per heavy atom. The summed E-state index contributed by atoms with van der Waals surface area (Å²) in [5, 5.41) is 4.12. The summed E-state index contributed by atoms with van der Waals surface area (Å²) < 4.78 is 7.05. The molecule has 2 heterocycles. The fourth-order valence-corrected chi connectivity index (χ4v) is 2.72. The number of aromatic nitrogens is 2. The first-order chi connectivity index (χ1) is 9.22. The van der Waals surface area contributed by atoms with Gasteiger partial charge >= 0.3 is 0 Å². The Kier molecular flexibility index (Phi) is 4.96. The lowest BCUT2D eigenvalue weighted by molar-refractivity contribution is -0.136. The lowest BCUT2D eigenvalue weighted by Gasteiger charge is -2.35. The van der Waals surface area contributed by atoms with Crippen molar-refractivity contribution in [2.45, 2.75) is 38.1 Å². The Bertz CT molecular complexity index is 415. The molecule has 1 saturated heterocycles. The molecule has 1 atom stereocenters. The lowest BCUT2D eigenvalue weighted by Crippen LogP contribution is -2.46. The molecule has 19 heavy (non-hydrogen) atoms. The minimum absolute atomic E-state index is 0.239. The summed E-state index contributed by atoms with van der Waals surface area (Å²) in [4.78, 5) is 14.3. The predicted octanol–water partition coefficient (Wildman–Crippen LogP) is 1.38. The third-order valence-corrected chi connectivity index (χ3v) is 3.82. The molecule has 5 nitrogen and oxygen atoms in total. The highest BCUT2D eigenvalue weighted by Crippen LogP contribution is 2.18. The first kappa shape index (κ1) is 14.1. The van der Waals surface area contributed by atoms with Gasteiger partial charge in [-0.1, -0.05) is 0 Å². The van der Waals surface area contributed by atoms with E-state index in [9.17, 15) is 4.79 Å². The maximum absolute atomic E-state index is 12.3. The number of rotatable bonds is 5. The molecule has 1 unspecified atom stereocenters. The van der Waals surface area contributed by atoms with Gasteiger partial charge in [-0.2, -0.15) is 5.10 Å². The number of piperidine rings is 1. The summed E-state index contributed by atoms with van der Waals surface area (Å²) in [5.74, 6) is 0.239. The summed E-state index contributed by atoms with van der Waals surface area (Å²) in [5.41, 5.74) is 1.11. The second kappa shape index (κ2) is 6.70. The Hall–Kier alpha value is -1.36. The highest BCUT2D eigenvalue weighted by Gasteiger charge is 2.26. The molecule has 0 aromatic carbocycles. The van der Waals surface area contributed by atoms with Crippen molar-refractivity contribution in [3.05, 3.63) is 18.0 Å². The van der Waals surface area contributed by atoms with Crippen LogP contribution >= 0.6 is 0 Å². The van der Waals surface area contributed by atoms with Crippen molar-refractivity contribution < 1.29 is 9.53 Å². The molecule has 1 amide bonds. The lowest BCUT2D eigenvalue weighted by atomic mass is 10.0. The minimum Gasteiger partial charge on any atom is -0.383 e. The fourth-order valence-electron chi connectivity index (χ4n) is 2.72. The van der Waals surface area contributed by atoms with Crippen molar-refractivity contribution in [1.82, 2.24) is 14.7 Å². The van der Waals surface area contributed by atoms with Gasteiger partial charge in [-0.15, -0.1) is 0 Å². The molecule has 106 valence electrons. The van der Waals surface area contributed by atoms with Crippen molar-refractivity contribution in [3.8, 4) is 0 Å². The maximum Gasteiger partial charge on any atom is 0.223 e. The standard InChI is InChI=1S/C14H23N3O2/c1-16-12(8-9-15-16)6-7-14(18)17-10-4-3-5-13(17)11-19-2/h8-9,13H,3-7,10-11H2,1-2H3. The van der Waals surface area contributed by atoms with Crippen molar-refractivity contribution in [3.63, 3.8) is 0 Å². The summed E-state index contributed by atoms with van der Waals surface area (Å²) in [6, 6.07) is 2.23. The first-order valence-corrected chi connectivity index (χ1v) is 6.97. The zero-order chi connectivity index (χ0) is 13.7. The number of nitrogens with zero attached hydrogens (tertiary/aromatic N) is 3. The Morgan fingerprint density at radius 3 is 3.05 bits per heavy atom. The average Bonchev–Trinajstić information content (AvgIpc) is 2.82. The molecule has 0 N–H and O–H groups in total. The summed E-state index contributed by atoms with van der Waals surface area (Å²) in [7, 11) is 3.61. The molecule has 1 aromatic rings. The number of carbonyl (C=O) groups excluding carboxylic acids is 1. The molecule has 0 saturated carbocycles. The molecule has 5 heteroatoms. The topological polar surface area (TPSA) is 47.4 Å². The van der Waals surface area contributed by atoms with Gasteiger partial charge in [0.2, 0.25) is 5.91 Å². The van der Waals surface area contributed by atoms with Crippen LogP contribution in [0.15, 0.2) is 12.3 Å². The fraction of sp³-hybridized carbons (Fsp3) is 0.714. The van der Waals surface area contributed by atoms with Gasteiger partial charge in [-0.25, -0.2) is 0 Å². The molecule has 0 spiro atoms. The second-order valence-electron chi connectivity index (χ2n) is 5.14. The number of carbonyl (C=O) groups is 1. The van der Waals surface area contributed by atoms with E-state index in [0.29, 0.717) is 13.0 Å². The van der Waals surface area contributed by atoms with Gasteiger partial charge in [0.15, 0.2) is 0 Å². The first-order valence-electron chi connectivity index (χ1n) is 6.97. The van der Waals surface area contributed by atoms with Crippen LogP contribution in [0.2, 0.25) is 0 Å². The van der Waals surface area contributed by atoms with Gasteiger partial charge < -0.3 is 9.64 Å².